The molecule has 2 N–H and O–H groups in total. The zero-order chi connectivity index (χ0) is 12.7. The molecular weight excluding hydrogens is 273 g/mol. The van der Waals surface area contributed by atoms with Crippen LogP contribution < -0.4 is 17.7 Å². The molecule has 0 saturated heterocycles. The molecule has 1 atom stereocenters. The molecule has 0 bridgehead atoms. The van der Waals surface area contributed by atoms with Crippen LogP contribution in [0.1, 0.15) is 19.4 Å². The molecule has 0 aromatic heterocycles. The van der Waals surface area contributed by atoms with E-state index in [9.17, 15) is 5.11 Å². The van der Waals surface area contributed by atoms with Gasteiger partial charge in [0.15, 0.2) is 0 Å². The Morgan fingerprint density at radius 2 is 1.89 bits per heavy atom. The topological polar surface area (TPSA) is 41.5 Å². The van der Waals surface area contributed by atoms with E-state index in [1.807, 2.05) is 38.1 Å². The van der Waals surface area contributed by atoms with Crippen LogP contribution in [0.4, 0.5) is 0 Å². The van der Waals surface area contributed by atoms with Crippen LogP contribution in [-0.2, 0) is 11.3 Å². The molecule has 104 valence electrons. The molecule has 5 heteroatoms. The van der Waals surface area contributed by atoms with Gasteiger partial charge in [-0.25, -0.2) is 0 Å². The second-order valence-corrected chi connectivity index (χ2v) is 4.79. The predicted octanol–water partition coefficient (Wildman–Crippen LogP) is -0.780. The van der Waals surface area contributed by atoms with Crippen LogP contribution >= 0.6 is 11.6 Å². The molecule has 0 aliphatic carbocycles. The maximum atomic E-state index is 9.61. The fraction of sp³-hybridized carbons (Fsp3) is 0.538. The van der Waals surface area contributed by atoms with E-state index >= 15 is 0 Å². The molecule has 1 rings (SSSR count). The third-order valence-corrected chi connectivity index (χ3v) is 2.51. The number of aliphatic hydroxyl groups excluding tert-OH is 1. The van der Waals surface area contributed by atoms with E-state index in [2.05, 4.69) is 5.32 Å². The summed E-state index contributed by atoms with van der Waals surface area (Å²) in [6, 6.07) is 7.87. The van der Waals surface area contributed by atoms with Crippen molar-refractivity contribution in [1.82, 2.24) is 5.32 Å². The fourth-order valence-electron chi connectivity index (χ4n) is 1.32. The van der Waals surface area contributed by atoms with Gasteiger partial charge in [-0.3, -0.25) is 0 Å². The fourth-order valence-corrected chi connectivity index (χ4v) is 1.45. The second kappa shape index (κ2) is 9.59. The lowest BCUT2D eigenvalue weighted by molar-refractivity contribution is -0.00000580. The molecule has 0 amide bonds. The Balaban J connectivity index is 0.00000289. The summed E-state index contributed by atoms with van der Waals surface area (Å²) in [6.07, 6.45) is -0.468. The summed E-state index contributed by atoms with van der Waals surface area (Å²) in [5.74, 6) is 0. The van der Waals surface area contributed by atoms with Crippen molar-refractivity contribution in [3.05, 3.63) is 34.9 Å². The highest BCUT2D eigenvalue weighted by Crippen LogP contribution is 2.10. The highest BCUT2D eigenvalue weighted by molar-refractivity contribution is 6.30. The van der Waals surface area contributed by atoms with Gasteiger partial charge in [-0.15, -0.1) is 0 Å². The highest BCUT2D eigenvalue weighted by Gasteiger charge is 2.04. The number of aliphatic hydroxyl groups is 1. The lowest BCUT2D eigenvalue weighted by Gasteiger charge is -2.14. The van der Waals surface area contributed by atoms with Gasteiger partial charge in [-0.2, -0.15) is 0 Å². The normalized spacial score (nSPS) is 12.3. The molecule has 0 heterocycles. The molecular formula is C13H20Cl2NO2-. The highest BCUT2D eigenvalue weighted by atomic mass is 35.5. The first kappa shape index (κ1) is 17.7. The van der Waals surface area contributed by atoms with Crippen molar-refractivity contribution >= 4 is 11.6 Å². The summed E-state index contributed by atoms with van der Waals surface area (Å²) < 4.78 is 5.42. The molecule has 3 nitrogen and oxygen atoms in total. The van der Waals surface area contributed by atoms with Crippen LogP contribution in [0.2, 0.25) is 5.02 Å². The number of ether oxygens (including phenoxy) is 1. The first-order valence-electron chi connectivity index (χ1n) is 5.81. The Kier molecular flexibility index (Phi) is 9.42. The van der Waals surface area contributed by atoms with E-state index in [1.54, 1.807) is 0 Å². The smallest absolute Gasteiger partial charge is 0.0897 e. The molecule has 1 aromatic carbocycles. The molecule has 0 radical (unpaired) electrons. The largest absolute Gasteiger partial charge is 1.00 e. The number of hydrogen-bond donors (Lipinski definition) is 2. The van der Waals surface area contributed by atoms with Gasteiger partial charge in [0.05, 0.1) is 19.3 Å². The van der Waals surface area contributed by atoms with Crippen molar-refractivity contribution < 1.29 is 22.3 Å². The van der Waals surface area contributed by atoms with Gasteiger partial charge >= 0.3 is 0 Å². The van der Waals surface area contributed by atoms with Crippen LogP contribution in [0.15, 0.2) is 24.3 Å². The summed E-state index contributed by atoms with van der Waals surface area (Å²) in [5.41, 5.74) is 1.05. The molecule has 1 aromatic rings. The molecule has 0 fully saturated rings. The van der Waals surface area contributed by atoms with Crippen LogP contribution in [0.5, 0.6) is 0 Å². The van der Waals surface area contributed by atoms with Crippen molar-refractivity contribution in [1.29, 1.82) is 0 Å². The van der Waals surface area contributed by atoms with E-state index in [0.29, 0.717) is 25.8 Å². The first-order chi connectivity index (χ1) is 8.08. The quantitative estimate of drug-likeness (QED) is 0.693. The molecule has 0 aliphatic heterocycles. The summed E-state index contributed by atoms with van der Waals surface area (Å²) in [4.78, 5) is 0. The number of nitrogens with one attached hydrogen (secondary N) is 1. The summed E-state index contributed by atoms with van der Waals surface area (Å²) >= 11 is 5.78. The van der Waals surface area contributed by atoms with Crippen LogP contribution in [0.25, 0.3) is 0 Å². The zero-order valence-corrected chi connectivity index (χ0v) is 12.2. The second-order valence-electron chi connectivity index (χ2n) is 4.36. The van der Waals surface area contributed by atoms with E-state index in [0.717, 1.165) is 10.6 Å². The van der Waals surface area contributed by atoms with Crippen molar-refractivity contribution in [2.45, 2.75) is 32.6 Å². The Bertz CT molecular complexity index is 317. The SMILES string of the molecule is CC(C)NCC(O)COCc1ccc(Cl)cc1.[Cl-]. The molecule has 0 aliphatic rings. The minimum absolute atomic E-state index is 0. The number of rotatable bonds is 7. The first-order valence-corrected chi connectivity index (χ1v) is 6.19. The van der Waals surface area contributed by atoms with Crippen molar-refractivity contribution in [3.8, 4) is 0 Å². The van der Waals surface area contributed by atoms with Gasteiger partial charge in [0.2, 0.25) is 0 Å². The number of hydrogen-bond acceptors (Lipinski definition) is 3. The number of benzene rings is 1. The number of halogens is 2. The lowest BCUT2D eigenvalue weighted by atomic mass is 10.2. The molecule has 0 saturated carbocycles. The zero-order valence-electron chi connectivity index (χ0n) is 10.7. The monoisotopic (exact) mass is 292 g/mol. The molecule has 18 heavy (non-hydrogen) atoms. The molecule has 1 unspecified atom stereocenters. The van der Waals surface area contributed by atoms with E-state index in [-0.39, 0.29) is 12.4 Å². The van der Waals surface area contributed by atoms with Crippen molar-refractivity contribution in [2.75, 3.05) is 13.2 Å². The molecule has 0 spiro atoms. The van der Waals surface area contributed by atoms with E-state index < -0.39 is 6.10 Å². The van der Waals surface area contributed by atoms with Gasteiger partial charge < -0.3 is 27.6 Å². The maximum Gasteiger partial charge on any atom is 0.0897 e. The third-order valence-electron chi connectivity index (χ3n) is 2.25. The summed E-state index contributed by atoms with van der Waals surface area (Å²) in [7, 11) is 0. The van der Waals surface area contributed by atoms with E-state index in [1.165, 1.54) is 0 Å². The third kappa shape index (κ3) is 7.90. The van der Waals surface area contributed by atoms with Crippen molar-refractivity contribution in [2.24, 2.45) is 0 Å². The minimum Gasteiger partial charge on any atom is -1.00 e. The average Bonchev–Trinajstić information content (AvgIpc) is 2.29. The Hall–Kier alpha value is -0.320. The lowest BCUT2D eigenvalue weighted by Crippen LogP contribution is -3.00. The predicted molar refractivity (Wildman–Crippen MR) is 70.3 cm³/mol. The van der Waals surface area contributed by atoms with Gasteiger partial charge in [-0.1, -0.05) is 37.6 Å². The Labute approximate surface area is 120 Å². The van der Waals surface area contributed by atoms with E-state index in [4.69, 9.17) is 16.3 Å². The van der Waals surface area contributed by atoms with Gasteiger partial charge in [0, 0.05) is 17.6 Å². The summed E-state index contributed by atoms with van der Waals surface area (Å²) in [6.45, 7) is 5.47. The standard InChI is InChI=1S/C13H20ClNO2.ClH/c1-10(2)15-7-13(16)9-17-8-11-3-5-12(14)6-4-11;/h3-6,10,13,15-16H,7-9H2,1-2H3;1H/p-1. The van der Waals surface area contributed by atoms with Crippen LogP contribution in [-0.4, -0.2) is 30.4 Å². The maximum absolute atomic E-state index is 9.61. The minimum atomic E-state index is -0.468. The van der Waals surface area contributed by atoms with Gasteiger partial charge in [0.1, 0.15) is 0 Å². The van der Waals surface area contributed by atoms with Crippen LogP contribution in [0.3, 0.4) is 0 Å². The average molecular weight is 293 g/mol. The van der Waals surface area contributed by atoms with Gasteiger partial charge in [-0.05, 0) is 17.7 Å². The van der Waals surface area contributed by atoms with Crippen LogP contribution in [0, 0.1) is 0 Å². The Morgan fingerprint density at radius 1 is 1.28 bits per heavy atom. The Morgan fingerprint density at radius 3 is 2.44 bits per heavy atom. The van der Waals surface area contributed by atoms with Gasteiger partial charge in [0.25, 0.3) is 0 Å². The summed E-state index contributed by atoms with van der Waals surface area (Å²) in [5, 5.41) is 13.5. The van der Waals surface area contributed by atoms with Crippen molar-refractivity contribution in [3.63, 3.8) is 0 Å².